The first-order valence-corrected chi connectivity index (χ1v) is 11.2. The van der Waals surface area contributed by atoms with Crippen molar-refractivity contribution in [3.63, 3.8) is 0 Å². The van der Waals surface area contributed by atoms with Crippen molar-refractivity contribution in [2.24, 2.45) is 5.10 Å². The average Bonchev–Trinajstić information content (AvgIpc) is 3.08. The van der Waals surface area contributed by atoms with Gasteiger partial charge in [-0.15, -0.1) is 0 Å². The molecule has 0 aromatic heterocycles. The van der Waals surface area contributed by atoms with Crippen LogP contribution in [0.25, 0.3) is 0 Å². The third kappa shape index (κ3) is 5.07. The average molecular weight is 393 g/mol. The summed E-state index contributed by atoms with van der Waals surface area (Å²) in [5.74, 6) is 0.150. The maximum atomic E-state index is 12.7. The van der Waals surface area contributed by atoms with Gasteiger partial charge < -0.3 is 4.90 Å². The molecule has 148 valence electrons. The van der Waals surface area contributed by atoms with E-state index in [-0.39, 0.29) is 17.7 Å². The van der Waals surface area contributed by atoms with Crippen molar-refractivity contribution in [1.82, 2.24) is 9.62 Å². The van der Waals surface area contributed by atoms with Crippen molar-refractivity contribution >= 4 is 27.3 Å². The lowest BCUT2D eigenvalue weighted by molar-refractivity contribution is 0.0711. The number of carbonyl (C=O) groups is 1. The van der Waals surface area contributed by atoms with Gasteiger partial charge in [0, 0.05) is 43.4 Å². The van der Waals surface area contributed by atoms with Crippen LogP contribution in [0.15, 0.2) is 29.4 Å². The van der Waals surface area contributed by atoms with Gasteiger partial charge in [0.2, 0.25) is 10.0 Å². The first-order chi connectivity index (χ1) is 12.9. The van der Waals surface area contributed by atoms with E-state index in [1.54, 1.807) is 4.90 Å². The summed E-state index contributed by atoms with van der Waals surface area (Å²) in [6, 6.07) is 7.47. The Balaban J connectivity index is 1.55. The molecule has 0 radical (unpaired) electrons. The van der Waals surface area contributed by atoms with Gasteiger partial charge in [0.1, 0.15) is 0 Å². The molecule has 0 bridgehead atoms. The normalized spacial score (nSPS) is 18.7. The van der Waals surface area contributed by atoms with Crippen LogP contribution in [-0.4, -0.2) is 56.4 Å². The molecule has 1 aromatic rings. The molecule has 3 rings (SSSR count). The van der Waals surface area contributed by atoms with Crippen LogP contribution in [0.1, 0.15) is 49.9 Å². The number of likely N-dealkylation sites (tertiary alicyclic amines) is 1. The summed E-state index contributed by atoms with van der Waals surface area (Å²) in [5, 5.41) is 6.43. The second kappa shape index (κ2) is 8.39. The summed E-state index contributed by atoms with van der Waals surface area (Å²) in [6.45, 7) is 5.87. The molecule has 0 atom stereocenters. The molecule has 1 fully saturated rings. The number of hydrogen-bond donors (Lipinski definition) is 1. The Morgan fingerprint density at radius 2 is 1.85 bits per heavy atom. The summed E-state index contributed by atoms with van der Waals surface area (Å²) in [5.41, 5.74) is 2.77. The van der Waals surface area contributed by atoms with Gasteiger partial charge in [-0.3, -0.25) is 9.80 Å². The van der Waals surface area contributed by atoms with E-state index >= 15 is 0 Å². The van der Waals surface area contributed by atoms with E-state index < -0.39 is 10.0 Å². The lowest BCUT2D eigenvalue weighted by atomic mass is 10.0. The minimum Gasteiger partial charge on any atom is -0.339 e. The van der Waals surface area contributed by atoms with Crippen molar-refractivity contribution in [2.45, 2.75) is 45.6 Å². The van der Waals surface area contributed by atoms with Gasteiger partial charge in [0.25, 0.3) is 5.91 Å². The molecule has 1 aromatic carbocycles. The third-order valence-corrected chi connectivity index (χ3v) is 6.63. The number of rotatable bonds is 6. The second-order valence-corrected chi connectivity index (χ2v) is 9.13. The van der Waals surface area contributed by atoms with E-state index in [2.05, 4.69) is 9.82 Å². The van der Waals surface area contributed by atoms with Gasteiger partial charge in [-0.25, -0.2) is 13.1 Å². The standard InChI is InChI=1S/C19H28N4O3S/c1-3-14-27(25,26)21-17-9-11-22(12-10-17)19(24)16-4-6-18(7-5-16)23-13-8-15(2)20-23/h4-7,17,21H,3,8-14H2,1-2H3. The minimum absolute atomic E-state index is 0.00230. The van der Waals surface area contributed by atoms with Gasteiger partial charge >= 0.3 is 0 Å². The highest BCUT2D eigenvalue weighted by atomic mass is 32.2. The molecular weight excluding hydrogens is 364 g/mol. The molecule has 0 spiro atoms. The number of sulfonamides is 1. The Morgan fingerprint density at radius 1 is 1.19 bits per heavy atom. The highest BCUT2D eigenvalue weighted by Gasteiger charge is 2.26. The molecular formula is C19H28N4O3S. The van der Waals surface area contributed by atoms with Crippen LogP contribution in [0.5, 0.6) is 0 Å². The van der Waals surface area contributed by atoms with Gasteiger partial charge in [-0.1, -0.05) is 6.92 Å². The fourth-order valence-corrected chi connectivity index (χ4v) is 4.90. The van der Waals surface area contributed by atoms with E-state index in [0.29, 0.717) is 37.9 Å². The molecule has 0 saturated carbocycles. The Kier molecular flexibility index (Phi) is 6.16. The van der Waals surface area contributed by atoms with Crippen molar-refractivity contribution in [3.8, 4) is 0 Å². The molecule has 2 heterocycles. The predicted octanol–water partition coefficient (Wildman–Crippen LogP) is 2.21. The summed E-state index contributed by atoms with van der Waals surface area (Å²) < 4.78 is 26.5. The summed E-state index contributed by atoms with van der Waals surface area (Å²) in [4.78, 5) is 14.5. The Bertz CT molecular complexity index is 797. The monoisotopic (exact) mass is 392 g/mol. The van der Waals surface area contributed by atoms with Gasteiger partial charge in [-0.05, 0) is 50.5 Å². The van der Waals surface area contributed by atoms with Crippen LogP contribution in [0.3, 0.4) is 0 Å². The molecule has 2 aliphatic rings. The molecule has 1 amide bonds. The molecule has 2 aliphatic heterocycles. The van der Waals surface area contributed by atoms with Crippen LogP contribution >= 0.6 is 0 Å². The van der Waals surface area contributed by atoms with E-state index in [1.807, 2.05) is 43.1 Å². The number of hydrogen-bond acceptors (Lipinski definition) is 5. The second-order valence-electron chi connectivity index (χ2n) is 7.26. The molecule has 1 saturated heterocycles. The fourth-order valence-electron chi connectivity index (χ4n) is 3.50. The maximum absolute atomic E-state index is 12.7. The number of nitrogens with zero attached hydrogens (tertiary/aromatic N) is 3. The largest absolute Gasteiger partial charge is 0.339 e. The van der Waals surface area contributed by atoms with Crippen molar-refractivity contribution in [1.29, 1.82) is 0 Å². The van der Waals surface area contributed by atoms with Crippen LogP contribution in [0, 0.1) is 0 Å². The smallest absolute Gasteiger partial charge is 0.253 e. The summed E-state index contributed by atoms with van der Waals surface area (Å²) in [6.07, 6.45) is 2.87. The van der Waals surface area contributed by atoms with Crippen LogP contribution in [-0.2, 0) is 10.0 Å². The number of carbonyl (C=O) groups excluding carboxylic acids is 1. The highest BCUT2D eigenvalue weighted by Crippen LogP contribution is 2.21. The van der Waals surface area contributed by atoms with Gasteiger partial charge in [0.15, 0.2) is 0 Å². The number of anilines is 1. The Hall–Kier alpha value is -1.93. The minimum atomic E-state index is -3.21. The first kappa shape index (κ1) is 19.8. The van der Waals surface area contributed by atoms with E-state index in [1.165, 1.54) is 0 Å². The molecule has 8 heteroatoms. The third-order valence-electron chi connectivity index (χ3n) is 4.99. The number of piperidine rings is 1. The van der Waals surface area contributed by atoms with E-state index in [4.69, 9.17) is 0 Å². The number of benzene rings is 1. The Morgan fingerprint density at radius 3 is 2.41 bits per heavy atom. The van der Waals surface area contributed by atoms with Crippen LogP contribution in [0.4, 0.5) is 5.69 Å². The number of hydrazone groups is 1. The first-order valence-electron chi connectivity index (χ1n) is 9.59. The highest BCUT2D eigenvalue weighted by molar-refractivity contribution is 7.89. The predicted molar refractivity (Wildman–Crippen MR) is 108 cm³/mol. The quantitative estimate of drug-likeness (QED) is 0.805. The molecule has 27 heavy (non-hydrogen) atoms. The molecule has 7 nitrogen and oxygen atoms in total. The van der Waals surface area contributed by atoms with E-state index in [0.717, 1.165) is 24.4 Å². The fraction of sp³-hybridized carbons (Fsp3) is 0.579. The van der Waals surface area contributed by atoms with Crippen LogP contribution in [0.2, 0.25) is 0 Å². The Labute approximate surface area is 161 Å². The van der Waals surface area contributed by atoms with Crippen molar-refractivity contribution < 1.29 is 13.2 Å². The van der Waals surface area contributed by atoms with E-state index in [9.17, 15) is 13.2 Å². The van der Waals surface area contributed by atoms with Crippen LogP contribution < -0.4 is 9.73 Å². The topological polar surface area (TPSA) is 82.1 Å². The number of nitrogens with one attached hydrogen (secondary N) is 1. The zero-order chi connectivity index (χ0) is 19.4. The molecule has 0 unspecified atom stereocenters. The summed E-state index contributed by atoms with van der Waals surface area (Å²) >= 11 is 0. The maximum Gasteiger partial charge on any atom is 0.253 e. The summed E-state index contributed by atoms with van der Waals surface area (Å²) in [7, 11) is -3.21. The zero-order valence-electron chi connectivity index (χ0n) is 16.0. The van der Waals surface area contributed by atoms with Crippen molar-refractivity contribution in [3.05, 3.63) is 29.8 Å². The lowest BCUT2D eigenvalue weighted by Gasteiger charge is -2.32. The van der Waals surface area contributed by atoms with Gasteiger partial charge in [-0.2, -0.15) is 5.10 Å². The van der Waals surface area contributed by atoms with Crippen molar-refractivity contribution in [2.75, 3.05) is 30.4 Å². The molecule has 1 N–H and O–H groups in total. The SMILES string of the molecule is CCCS(=O)(=O)NC1CCN(C(=O)c2ccc(N3CCC(C)=N3)cc2)CC1. The number of amides is 1. The molecule has 0 aliphatic carbocycles. The van der Waals surface area contributed by atoms with Gasteiger partial charge in [0.05, 0.1) is 11.4 Å². The zero-order valence-corrected chi connectivity index (χ0v) is 16.8. The lowest BCUT2D eigenvalue weighted by Crippen LogP contribution is -2.46.